The van der Waals surface area contributed by atoms with Gasteiger partial charge in [0.15, 0.2) is 17.6 Å². The van der Waals surface area contributed by atoms with Gasteiger partial charge in [-0.3, -0.25) is 15.3 Å². The monoisotopic (exact) mass is 584 g/mol. The third-order valence-corrected chi connectivity index (χ3v) is 5.54. The second-order valence-corrected chi connectivity index (χ2v) is 8.42. The number of phenolic OH excluding ortho intramolecular Hbond substituents is 1. The van der Waals surface area contributed by atoms with E-state index in [-0.39, 0.29) is 12.5 Å². The number of carbonyl (C=O) groups is 2. The molecule has 4 N–H and O–H groups in total. The van der Waals surface area contributed by atoms with Gasteiger partial charge in [0.2, 0.25) is 6.79 Å². The standard InChI is InChI=1S/C23H25IN2O8/c1-2-31-19(5-3-4-6-21(28)26-30)22(16-11-14(24)7-9-17(16)27)34-23(29)25-15-8-10-18-20(12-15)33-13-32-18/h4,6-12,19,22,27,30H,2-3,5,13H2,1H3,(H,25,29)(H,26,28)/b6-4+/t19-,22-/m0/s1. The number of amides is 2. The van der Waals surface area contributed by atoms with E-state index < -0.39 is 24.2 Å². The minimum Gasteiger partial charge on any atom is -0.508 e. The lowest BCUT2D eigenvalue weighted by molar-refractivity contribution is -0.124. The maximum absolute atomic E-state index is 12.8. The van der Waals surface area contributed by atoms with Gasteiger partial charge in [0.05, 0.1) is 6.10 Å². The summed E-state index contributed by atoms with van der Waals surface area (Å²) in [4.78, 5) is 24.0. The molecule has 0 fully saturated rings. The maximum Gasteiger partial charge on any atom is 0.412 e. The highest BCUT2D eigenvalue weighted by atomic mass is 127. The minimum atomic E-state index is -0.941. The fraction of sp³-hybridized carbons (Fsp3) is 0.304. The SMILES string of the molecule is CCO[C@@H](CC/C=C/C(=O)NO)[C@@H](OC(=O)Nc1ccc2c(c1)OCO2)c1cc(I)ccc1O. The summed E-state index contributed by atoms with van der Waals surface area (Å²) < 4.78 is 23.1. The molecule has 11 heteroatoms. The lowest BCUT2D eigenvalue weighted by Gasteiger charge is -2.28. The van der Waals surface area contributed by atoms with Crippen LogP contribution in [0.5, 0.6) is 17.2 Å². The number of halogens is 1. The van der Waals surface area contributed by atoms with E-state index in [4.69, 9.17) is 24.2 Å². The molecule has 3 rings (SSSR count). The molecule has 0 bridgehead atoms. The van der Waals surface area contributed by atoms with Crippen molar-refractivity contribution in [2.24, 2.45) is 0 Å². The maximum atomic E-state index is 12.8. The number of hydrogen-bond acceptors (Lipinski definition) is 8. The summed E-state index contributed by atoms with van der Waals surface area (Å²) in [6, 6.07) is 9.93. The first-order valence-electron chi connectivity index (χ1n) is 10.5. The summed E-state index contributed by atoms with van der Waals surface area (Å²) in [6.07, 6.45) is 1.20. The second kappa shape index (κ2) is 12.4. The molecule has 0 spiro atoms. The Morgan fingerprint density at radius 3 is 2.76 bits per heavy atom. The summed E-state index contributed by atoms with van der Waals surface area (Å²) in [5, 5.41) is 21.8. The Morgan fingerprint density at radius 1 is 1.21 bits per heavy atom. The lowest BCUT2D eigenvalue weighted by atomic mass is 9.99. The molecular weight excluding hydrogens is 559 g/mol. The predicted molar refractivity (Wildman–Crippen MR) is 130 cm³/mol. The van der Waals surface area contributed by atoms with Gasteiger partial charge in [-0.2, -0.15) is 0 Å². The van der Waals surface area contributed by atoms with Crippen LogP contribution in [-0.2, 0) is 14.3 Å². The first kappa shape index (κ1) is 25.6. The topological polar surface area (TPSA) is 136 Å². The van der Waals surface area contributed by atoms with Crippen molar-refractivity contribution >= 4 is 40.3 Å². The lowest BCUT2D eigenvalue weighted by Crippen LogP contribution is -2.29. The fourth-order valence-corrected chi connectivity index (χ4v) is 3.87. The van der Waals surface area contributed by atoms with Gasteiger partial charge in [-0.1, -0.05) is 6.08 Å². The van der Waals surface area contributed by atoms with Crippen LogP contribution in [-0.4, -0.2) is 41.8 Å². The molecule has 182 valence electrons. The largest absolute Gasteiger partial charge is 0.508 e. The molecule has 0 radical (unpaired) electrons. The van der Waals surface area contributed by atoms with Crippen molar-refractivity contribution in [3.63, 3.8) is 0 Å². The zero-order valence-corrected chi connectivity index (χ0v) is 20.5. The third kappa shape index (κ3) is 6.98. The summed E-state index contributed by atoms with van der Waals surface area (Å²) >= 11 is 2.10. The molecule has 0 aromatic heterocycles. The number of hydrogen-bond donors (Lipinski definition) is 4. The first-order valence-corrected chi connectivity index (χ1v) is 11.6. The number of hydroxylamine groups is 1. The highest BCUT2D eigenvalue weighted by molar-refractivity contribution is 14.1. The molecular formula is C23H25IN2O8. The normalized spacial score (nSPS) is 14.0. The number of fused-ring (bicyclic) bond motifs is 1. The Morgan fingerprint density at radius 2 is 2.00 bits per heavy atom. The van der Waals surface area contributed by atoms with Crippen molar-refractivity contribution in [1.82, 2.24) is 5.48 Å². The Balaban J connectivity index is 1.80. The number of carbonyl (C=O) groups excluding carboxylic acids is 2. The highest BCUT2D eigenvalue weighted by Crippen LogP contribution is 2.36. The van der Waals surface area contributed by atoms with Gasteiger partial charge < -0.3 is 24.1 Å². The molecule has 2 aromatic carbocycles. The van der Waals surface area contributed by atoms with E-state index >= 15 is 0 Å². The molecule has 2 atom stereocenters. The van der Waals surface area contributed by atoms with Gasteiger partial charge >= 0.3 is 6.09 Å². The summed E-state index contributed by atoms with van der Waals surface area (Å²) in [5.74, 6) is 0.399. The number of allylic oxidation sites excluding steroid dienone is 1. The molecule has 0 saturated heterocycles. The van der Waals surface area contributed by atoms with Crippen LogP contribution in [0.4, 0.5) is 10.5 Å². The van der Waals surface area contributed by atoms with E-state index in [9.17, 15) is 14.7 Å². The third-order valence-electron chi connectivity index (χ3n) is 4.86. The van der Waals surface area contributed by atoms with Crippen molar-refractivity contribution in [2.45, 2.75) is 32.0 Å². The van der Waals surface area contributed by atoms with Gasteiger partial charge in [0, 0.05) is 33.6 Å². The van der Waals surface area contributed by atoms with E-state index in [0.29, 0.717) is 42.2 Å². The van der Waals surface area contributed by atoms with Crippen LogP contribution >= 0.6 is 22.6 Å². The predicted octanol–water partition coefficient (Wildman–Crippen LogP) is 4.26. The number of rotatable bonds is 10. The molecule has 34 heavy (non-hydrogen) atoms. The zero-order valence-electron chi connectivity index (χ0n) is 18.3. The van der Waals surface area contributed by atoms with Crippen molar-refractivity contribution in [2.75, 3.05) is 18.7 Å². The Labute approximate surface area is 209 Å². The summed E-state index contributed by atoms with van der Waals surface area (Å²) in [7, 11) is 0. The van der Waals surface area contributed by atoms with Gasteiger partial charge in [-0.25, -0.2) is 10.3 Å². The molecule has 1 aliphatic heterocycles. The van der Waals surface area contributed by atoms with Gasteiger partial charge in [-0.05, 0) is 72.7 Å². The Kier molecular flexibility index (Phi) is 9.36. The number of phenols is 1. The van der Waals surface area contributed by atoms with Crippen molar-refractivity contribution in [3.05, 3.63) is 57.7 Å². The van der Waals surface area contributed by atoms with Crippen LogP contribution < -0.4 is 20.3 Å². The number of anilines is 1. The summed E-state index contributed by atoms with van der Waals surface area (Å²) in [5.41, 5.74) is 2.36. The second-order valence-electron chi connectivity index (χ2n) is 7.17. The van der Waals surface area contributed by atoms with E-state index in [2.05, 4.69) is 27.9 Å². The van der Waals surface area contributed by atoms with Crippen molar-refractivity contribution in [1.29, 1.82) is 0 Å². The fourth-order valence-electron chi connectivity index (χ4n) is 3.35. The molecule has 1 heterocycles. The first-order chi connectivity index (χ1) is 16.4. The van der Waals surface area contributed by atoms with Crippen LogP contribution in [0.2, 0.25) is 0 Å². The number of ether oxygens (including phenoxy) is 4. The van der Waals surface area contributed by atoms with Gasteiger partial charge in [0.1, 0.15) is 5.75 Å². The number of benzene rings is 2. The van der Waals surface area contributed by atoms with E-state index in [1.54, 1.807) is 43.3 Å². The smallest absolute Gasteiger partial charge is 0.412 e. The number of aromatic hydroxyl groups is 1. The van der Waals surface area contributed by atoms with Crippen LogP contribution in [0.15, 0.2) is 48.6 Å². The molecule has 2 amide bonds. The zero-order chi connectivity index (χ0) is 24.5. The van der Waals surface area contributed by atoms with Gasteiger partial charge in [0.25, 0.3) is 5.91 Å². The van der Waals surface area contributed by atoms with Crippen LogP contribution in [0.3, 0.4) is 0 Å². The number of nitrogens with one attached hydrogen (secondary N) is 2. The van der Waals surface area contributed by atoms with E-state index in [1.807, 2.05) is 0 Å². The molecule has 0 saturated carbocycles. The quantitative estimate of drug-likeness (QED) is 0.141. The molecule has 0 aliphatic carbocycles. The highest BCUT2D eigenvalue weighted by Gasteiger charge is 2.30. The average Bonchev–Trinajstić information content (AvgIpc) is 3.29. The van der Waals surface area contributed by atoms with Crippen LogP contribution in [0.1, 0.15) is 31.4 Å². The molecule has 0 unspecified atom stereocenters. The van der Waals surface area contributed by atoms with Crippen LogP contribution in [0.25, 0.3) is 0 Å². The van der Waals surface area contributed by atoms with Gasteiger partial charge in [-0.15, -0.1) is 0 Å². The van der Waals surface area contributed by atoms with E-state index in [0.717, 1.165) is 3.57 Å². The Hall–Kier alpha value is -3.03. The van der Waals surface area contributed by atoms with E-state index in [1.165, 1.54) is 17.6 Å². The van der Waals surface area contributed by atoms with Crippen molar-refractivity contribution in [3.8, 4) is 17.2 Å². The Bertz CT molecular complexity index is 1050. The average molecular weight is 584 g/mol. The molecule has 10 nitrogen and oxygen atoms in total. The van der Waals surface area contributed by atoms with Crippen LogP contribution in [0, 0.1) is 3.57 Å². The van der Waals surface area contributed by atoms with Crippen molar-refractivity contribution < 1.29 is 38.9 Å². The summed E-state index contributed by atoms with van der Waals surface area (Å²) in [6.45, 7) is 2.25. The molecule has 2 aromatic rings. The minimum absolute atomic E-state index is 0.0406. The molecule has 1 aliphatic rings.